The van der Waals surface area contributed by atoms with E-state index in [1.54, 1.807) is 11.3 Å². The maximum absolute atomic E-state index is 12.6. The van der Waals surface area contributed by atoms with Crippen molar-refractivity contribution in [1.29, 1.82) is 0 Å². The summed E-state index contributed by atoms with van der Waals surface area (Å²) < 4.78 is 6.55. The van der Waals surface area contributed by atoms with Gasteiger partial charge in [0.15, 0.2) is 6.61 Å². The first-order valence-corrected chi connectivity index (χ1v) is 9.11. The molecule has 1 unspecified atom stereocenters. The number of halogens is 1. The van der Waals surface area contributed by atoms with Gasteiger partial charge in [-0.3, -0.25) is 4.79 Å². The van der Waals surface area contributed by atoms with Crippen LogP contribution in [0.2, 0.25) is 0 Å². The molecule has 22 heavy (non-hydrogen) atoms. The lowest BCUT2D eigenvalue weighted by Gasteiger charge is -2.35. The van der Waals surface area contributed by atoms with E-state index in [1.165, 1.54) is 10.4 Å². The summed E-state index contributed by atoms with van der Waals surface area (Å²) in [7, 11) is 0. The Hall–Kier alpha value is -1.33. The van der Waals surface area contributed by atoms with Crippen LogP contribution in [0, 0.1) is 0 Å². The predicted molar refractivity (Wildman–Crippen MR) is 92.4 cm³/mol. The second-order valence-corrected chi connectivity index (χ2v) is 7.13. The van der Waals surface area contributed by atoms with Crippen LogP contribution in [0.4, 0.5) is 0 Å². The molecular formula is C17H18BrNO2S. The zero-order valence-electron chi connectivity index (χ0n) is 12.4. The molecule has 0 aliphatic carbocycles. The molecule has 1 aromatic carbocycles. The highest BCUT2D eigenvalue weighted by Crippen LogP contribution is 2.35. The van der Waals surface area contributed by atoms with E-state index >= 15 is 0 Å². The minimum atomic E-state index is 0.0550. The number of fused-ring (bicyclic) bond motifs is 1. The molecule has 1 aromatic heterocycles. The van der Waals surface area contributed by atoms with E-state index in [2.05, 4.69) is 34.3 Å². The van der Waals surface area contributed by atoms with E-state index in [1.807, 2.05) is 29.2 Å². The molecule has 0 N–H and O–H groups in total. The molecule has 1 atom stereocenters. The first-order chi connectivity index (χ1) is 10.7. The van der Waals surface area contributed by atoms with Crippen molar-refractivity contribution in [2.75, 3.05) is 13.2 Å². The number of carbonyl (C=O) groups is 1. The Kier molecular flexibility index (Phi) is 4.84. The van der Waals surface area contributed by atoms with E-state index in [9.17, 15) is 4.79 Å². The number of para-hydroxylation sites is 1. The lowest BCUT2D eigenvalue weighted by molar-refractivity contribution is -0.136. The van der Waals surface area contributed by atoms with Crippen molar-refractivity contribution < 1.29 is 9.53 Å². The Bertz CT molecular complexity index is 670. The van der Waals surface area contributed by atoms with Crippen molar-refractivity contribution in [2.45, 2.75) is 25.8 Å². The third-order valence-electron chi connectivity index (χ3n) is 3.99. The Labute approximate surface area is 143 Å². The molecule has 0 bridgehead atoms. The van der Waals surface area contributed by atoms with Crippen molar-refractivity contribution in [3.05, 3.63) is 50.6 Å². The Balaban J connectivity index is 1.69. The molecule has 2 aromatic rings. The fraction of sp³-hybridized carbons (Fsp3) is 0.353. The summed E-state index contributed by atoms with van der Waals surface area (Å²) in [5.74, 6) is 0.761. The first kappa shape index (κ1) is 15.6. The summed E-state index contributed by atoms with van der Waals surface area (Å²) in [5, 5.41) is 2.12. The van der Waals surface area contributed by atoms with Gasteiger partial charge in [0.05, 0.1) is 10.5 Å². The van der Waals surface area contributed by atoms with Crippen molar-refractivity contribution in [3.8, 4) is 5.75 Å². The van der Waals surface area contributed by atoms with Crippen LogP contribution in [-0.4, -0.2) is 24.0 Å². The van der Waals surface area contributed by atoms with Crippen LogP contribution in [0.3, 0.4) is 0 Å². The van der Waals surface area contributed by atoms with Gasteiger partial charge in [0.1, 0.15) is 5.75 Å². The van der Waals surface area contributed by atoms with Crippen molar-refractivity contribution >= 4 is 33.2 Å². The summed E-state index contributed by atoms with van der Waals surface area (Å²) in [6, 6.07) is 9.94. The molecule has 116 valence electrons. The van der Waals surface area contributed by atoms with Crippen LogP contribution < -0.4 is 4.74 Å². The van der Waals surface area contributed by atoms with Crippen LogP contribution in [0.15, 0.2) is 40.2 Å². The zero-order valence-corrected chi connectivity index (χ0v) is 14.8. The van der Waals surface area contributed by atoms with E-state index in [4.69, 9.17) is 4.74 Å². The van der Waals surface area contributed by atoms with E-state index < -0.39 is 0 Å². The van der Waals surface area contributed by atoms with Gasteiger partial charge in [-0.15, -0.1) is 11.3 Å². The number of hydrogen-bond acceptors (Lipinski definition) is 3. The minimum absolute atomic E-state index is 0.0550. The fourth-order valence-electron chi connectivity index (χ4n) is 2.92. The molecule has 1 amide bonds. The van der Waals surface area contributed by atoms with Gasteiger partial charge in [-0.1, -0.05) is 19.1 Å². The van der Waals surface area contributed by atoms with Gasteiger partial charge in [0.25, 0.3) is 5.91 Å². The standard InChI is InChI=1S/C17H18BrNO2S/c1-2-14-12-8-10-22-16(12)7-9-19(14)17(20)11-21-15-6-4-3-5-13(15)18/h3-6,8,10,14H,2,7,9,11H2,1H3. The Morgan fingerprint density at radius 1 is 1.41 bits per heavy atom. The topological polar surface area (TPSA) is 29.5 Å². The van der Waals surface area contributed by atoms with Crippen molar-refractivity contribution in [2.24, 2.45) is 0 Å². The van der Waals surface area contributed by atoms with Gasteiger partial charge in [0.2, 0.25) is 0 Å². The van der Waals surface area contributed by atoms with Gasteiger partial charge in [-0.05, 0) is 57.9 Å². The molecule has 0 saturated heterocycles. The van der Waals surface area contributed by atoms with Crippen LogP contribution in [-0.2, 0) is 11.2 Å². The summed E-state index contributed by atoms with van der Waals surface area (Å²) >= 11 is 5.23. The molecule has 5 heteroatoms. The normalized spacial score (nSPS) is 17.2. The monoisotopic (exact) mass is 379 g/mol. The zero-order chi connectivity index (χ0) is 15.5. The molecule has 2 heterocycles. The van der Waals surface area contributed by atoms with Gasteiger partial charge in [0, 0.05) is 11.4 Å². The fourth-order valence-corrected chi connectivity index (χ4v) is 4.25. The third kappa shape index (κ3) is 3.06. The summed E-state index contributed by atoms with van der Waals surface area (Å²) in [5.41, 5.74) is 1.31. The summed E-state index contributed by atoms with van der Waals surface area (Å²) in [6.45, 7) is 3.00. The average Bonchev–Trinajstić information content (AvgIpc) is 3.01. The van der Waals surface area contributed by atoms with Crippen LogP contribution in [0.25, 0.3) is 0 Å². The highest BCUT2D eigenvalue weighted by atomic mass is 79.9. The molecular weight excluding hydrogens is 362 g/mol. The lowest BCUT2D eigenvalue weighted by atomic mass is 9.98. The van der Waals surface area contributed by atoms with E-state index in [0.717, 1.165) is 23.9 Å². The maximum atomic E-state index is 12.6. The average molecular weight is 380 g/mol. The summed E-state index contributed by atoms with van der Waals surface area (Å²) in [4.78, 5) is 16.0. The van der Waals surface area contributed by atoms with Crippen LogP contribution in [0.5, 0.6) is 5.75 Å². The maximum Gasteiger partial charge on any atom is 0.261 e. The van der Waals surface area contributed by atoms with E-state index in [-0.39, 0.29) is 18.6 Å². The Morgan fingerprint density at radius 2 is 2.23 bits per heavy atom. The summed E-state index contributed by atoms with van der Waals surface area (Å²) in [6.07, 6.45) is 1.88. The number of ether oxygens (including phenoxy) is 1. The van der Waals surface area contributed by atoms with Crippen molar-refractivity contribution in [3.63, 3.8) is 0 Å². The van der Waals surface area contributed by atoms with Gasteiger partial charge >= 0.3 is 0 Å². The number of amides is 1. The SMILES string of the molecule is CCC1c2ccsc2CCN1C(=O)COc1ccccc1Br. The predicted octanol–water partition coefficient (Wildman–Crippen LogP) is 4.43. The molecule has 0 radical (unpaired) electrons. The molecule has 1 aliphatic heterocycles. The first-order valence-electron chi connectivity index (χ1n) is 7.43. The second-order valence-electron chi connectivity index (χ2n) is 5.28. The van der Waals surface area contributed by atoms with Crippen LogP contribution >= 0.6 is 27.3 Å². The van der Waals surface area contributed by atoms with Crippen molar-refractivity contribution in [1.82, 2.24) is 4.90 Å². The third-order valence-corrected chi connectivity index (χ3v) is 5.64. The van der Waals surface area contributed by atoms with E-state index in [0.29, 0.717) is 5.75 Å². The van der Waals surface area contributed by atoms with Gasteiger partial charge in [-0.25, -0.2) is 0 Å². The Morgan fingerprint density at radius 3 is 3.00 bits per heavy atom. The number of hydrogen-bond donors (Lipinski definition) is 0. The number of thiophene rings is 1. The quantitative estimate of drug-likeness (QED) is 0.786. The van der Waals surface area contributed by atoms with Crippen LogP contribution in [0.1, 0.15) is 29.8 Å². The molecule has 0 spiro atoms. The largest absolute Gasteiger partial charge is 0.483 e. The number of carbonyl (C=O) groups excluding carboxylic acids is 1. The molecule has 3 rings (SSSR count). The lowest BCUT2D eigenvalue weighted by Crippen LogP contribution is -2.41. The van der Waals surface area contributed by atoms with Gasteiger partial charge < -0.3 is 9.64 Å². The highest BCUT2D eigenvalue weighted by molar-refractivity contribution is 9.10. The number of benzene rings is 1. The smallest absolute Gasteiger partial charge is 0.261 e. The minimum Gasteiger partial charge on any atom is -0.483 e. The molecule has 1 aliphatic rings. The second kappa shape index (κ2) is 6.84. The highest BCUT2D eigenvalue weighted by Gasteiger charge is 2.30. The number of rotatable bonds is 4. The molecule has 0 fully saturated rings. The molecule has 0 saturated carbocycles. The number of nitrogens with zero attached hydrogens (tertiary/aromatic N) is 1. The van der Waals surface area contributed by atoms with Gasteiger partial charge in [-0.2, -0.15) is 0 Å². The molecule has 3 nitrogen and oxygen atoms in total.